The maximum Gasteiger partial charge on any atom is 0.272 e. The summed E-state index contributed by atoms with van der Waals surface area (Å²) >= 11 is 9.61. The first-order chi connectivity index (χ1) is 15.5. The Hall–Kier alpha value is -2.80. The maximum atomic E-state index is 13.8. The van der Waals surface area contributed by atoms with Crippen molar-refractivity contribution in [2.45, 2.75) is 26.3 Å². The molecule has 2 aromatic carbocycles. The van der Waals surface area contributed by atoms with Crippen LogP contribution >= 0.6 is 34.3 Å². The lowest BCUT2D eigenvalue weighted by Crippen LogP contribution is -2.30. The van der Waals surface area contributed by atoms with Crippen molar-refractivity contribution in [3.8, 4) is 0 Å². The molecule has 0 radical (unpaired) electrons. The predicted molar refractivity (Wildman–Crippen MR) is 135 cm³/mol. The largest absolute Gasteiger partial charge is 0.279 e. The molecule has 0 saturated carbocycles. The molecule has 4 nitrogen and oxygen atoms in total. The molecule has 3 heterocycles. The Bertz CT molecular complexity index is 1430. The Kier molecular flexibility index (Phi) is 5.67. The molecule has 0 unspecified atom stereocenters. The van der Waals surface area contributed by atoms with Crippen molar-refractivity contribution in [3.05, 3.63) is 88.0 Å². The van der Waals surface area contributed by atoms with Crippen LogP contribution in [-0.2, 0) is 6.54 Å². The van der Waals surface area contributed by atoms with E-state index < -0.39 is 0 Å². The van der Waals surface area contributed by atoms with Crippen LogP contribution in [-0.4, -0.2) is 15.9 Å². The number of fused-ring (bicyclic) bond motifs is 2. The van der Waals surface area contributed by atoms with Gasteiger partial charge in [-0.15, -0.1) is 11.3 Å². The fourth-order valence-corrected chi connectivity index (χ4v) is 6.17. The zero-order valence-corrected chi connectivity index (χ0v) is 20.0. The minimum absolute atomic E-state index is 0.148. The number of thiophene rings is 1. The van der Waals surface area contributed by atoms with Gasteiger partial charge in [-0.2, -0.15) is 0 Å². The van der Waals surface area contributed by atoms with Gasteiger partial charge >= 0.3 is 0 Å². The van der Waals surface area contributed by atoms with E-state index in [1.165, 1.54) is 28.2 Å². The number of halogens is 1. The molecule has 5 aromatic rings. The molecule has 0 bridgehead atoms. The molecule has 0 spiro atoms. The van der Waals surface area contributed by atoms with Gasteiger partial charge in [-0.25, -0.2) is 4.98 Å². The Balaban J connectivity index is 1.64. The zero-order valence-electron chi connectivity index (χ0n) is 17.6. The average Bonchev–Trinajstić information content (AvgIpc) is 3.39. The van der Waals surface area contributed by atoms with E-state index in [0.717, 1.165) is 25.9 Å². The number of benzene rings is 2. The standard InChI is InChI=1S/C25H20ClN3OS2/c1-15(2)17-9-5-11-20-22(17)28-25(32-20)29(14-16-7-6-12-27-13-16)24(30)23-21(26)18-8-3-4-10-19(18)31-23/h3-13,15H,14H2,1-2H3. The summed E-state index contributed by atoms with van der Waals surface area (Å²) in [5.41, 5.74) is 3.06. The third-order valence-electron chi connectivity index (χ3n) is 5.33. The molecule has 0 atom stereocenters. The molecule has 0 saturated heterocycles. The van der Waals surface area contributed by atoms with E-state index in [9.17, 15) is 4.79 Å². The second kappa shape index (κ2) is 8.62. The first-order valence-electron chi connectivity index (χ1n) is 10.3. The zero-order chi connectivity index (χ0) is 22.2. The van der Waals surface area contributed by atoms with Gasteiger partial charge < -0.3 is 0 Å². The molecule has 0 aliphatic rings. The van der Waals surface area contributed by atoms with Crippen LogP contribution in [0.5, 0.6) is 0 Å². The molecule has 7 heteroatoms. The number of nitrogens with zero attached hydrogens (tertiary/aromatic N) is 3. The normalized spacial score (nSPS) is 11.5. The summed E-state index contributed by atoms with van der Waals surface area (Å²) in [7, 11) is 0. The number of aromatic nitrogens is 2. The van der Waals surface area contributed by atoms with Crippen molar-refractivity contribution in [2.75, 3.05) is 4.90 Å². The number of carbonyl (C=O) groups is 1. The van der Waals surface area contributed by atoms with E-state index in [4.69, 9.17) is 16.6 Å². The van der Waals surface area contributed by atoms with Crippen LogP contribution in [0.1, 0.15) is 40.6 Å². The predicted octanol–water partition coefficient (Wildman–Crippen LogP) is 7.53. The molecule has 5 rings (SSSR count). The van der Waals surface area contributed by atoms with Gasteiger partial charge in [0.1, 0.15) is 4.88 Å². The number of thiazole rings is 1. The van der Waals surface area contributed by atoms with Crippen molar-refractivity contribution < 1.29 is 4.79 Å². The number of hydrogen-bond donors (Lipinski definition) is 0. The van der Waals surface area contributed by atoms with E-state index >= 15 is 0 Å². The summed E-state index contributed by atoms with van der Waals surface area (Å²) in [6, 6.07) is 17.9. The third kappa shape index (κ3) is 3.79. The Morgan fingerprint density at radius 3 is 2.59 bits per heavy atom. The number of amides is 1. The Morgan fingerprint density at radius 1 is 1.03 bits per heavy atom. The summed E-state index contributed by atoms with van der Waals surface area (Å²) in [4.78, 5) is 25.2. The second-order valence-corrected chi connectivity index (χ2v) is 10.3. The highest BCUT2D eigenvalue weighted by atomic mass is 35.5. The van der Waals surface area contributed by atoms with Gasteiger partial charge in [0.25, 0.3) is 5.91 Å². The summed E-state index contributed by atoms with van der Waals surface area (Å²) in [5, 5.41) is 2.06. The van der Waals surface area contributed by atoms with Crippen molar-refractivity contribution in [1.82, 2.24) is 9.97 Å². The molecule has 32 heavy (non-hydrogen) atoms. The van der Waals surface area contributed by atoms with Gasteiger partial charge in [0, 0.05) is 22.5 Å². The smallest absolute Gasteiger partial charge is 0.272 e. The monoisotopic (exact) mass is 477 g/mol. The molecular weight excluding hydrogens is 458 g/mol. The van der Waals surface area contributed by atoms with Crippen molar-refractivity contribution in [1.29, 1.82) is 0 Å². The van der Waals surface area contributed by atoms with E-state index in [-0.39, 0.29) is 5.91 Å². The van der Waals surface area contributed by atoms with Crippen LogP contribution < -0.4 is 4.90 Å². The SMILES string of the molecule is CC(C)c1cccc2sc(N(Cc3cccnc3)C(=O)c3sc4ccccc4c3Cl)nc12. The average molecular weight is 478 g/mol. The highest BCUT2D eigenvalue weighted by molar-refractivity contribution is 7.23. The first-order valence-corrected chi connectivity index (χ1v) is 12.3. The number of pyridine rings is 1. The summed E-state index contributed by atoms with van der Waals surface area (Å²) in [6.45, 7) is 4.68. The molecule has 0 fully saturated rings. The van der Waals surface area contributed by atoms with E-state index in [1.807, 2.05) is 36.4 Å². The fraction of sp³-hybridized carbons (Fsp3) is 0.160. The van der Waals surface area contributed by atoms with Gasteiger partial charge in [0.15, 0.2) is 5.13 Å². The van der Waals surface area contributed by atoms with Crippen molar-refractivity contribution in [3.63, 3.8) is 0 Å². The number of anilines is 1. The Labute approximate surface area is 199 Å². The summed E-state index contributed by atoms with van der Waals surface area (Å²) in [5.74, 6) is 0.193. The molecule has 160 valence electrons. The topological polar surface area (TPSA) is 46.1 Å². The minimum Gasteiger partial charge on any atom is -0.279 e. The number of para-hydroxylation sites is 1. The Morgan fingerprint density at radius 2 is 1.84 bits per heavy atom. The third-order valence-corrected chi connectivity index (χ3v) is 8.04. The van der Waals surface area contributed by atoms with E-state index in [0.29, 0.717) is 27.5 Å². The van der Waals surface area contributed by atoms with Crippen LogP contribution in [0.15, 0.2) is 67.0 Å². The van der Waals surface area contributed by atoms with Crippen LogP contribution in [0, 0.1) is 0 Å². The molecule has 0 aliphatic carbocycles. The molecule has 0 N–H and O–H groups in total. The lowest BCUT2D eigenvalue weighted by atomic mass is 10.0. The lowest BCUT2D eigenvalue weighted by Gasteiger charge is -2.19. The van der Waals surface area contributed by atoms with Crippen LogP contribution in [0.3, 0.4) is 0 Å². The quantitative estimate of drug-likeness (QED) is 0.263. The molecule has 0 aliphatic heterocycles. The van der Waals surface area contributed by atoms with Crippen LogP contribution in [0.25, 0.3) is 20.3 Å². The van der Waals surface area contributed by atoms with E-state index in [1.54, 1.807) is 17.3 Å². The van der Waals surface area contributed by atoms with Gasteiger partial charge in [-0.1, -0.05) is 73.2 Å². The first kappa shape index (κ1) is 21.1. The van der Waals surface area contributed by atoms with E-state index in [2.05, 4.69) is 37.0 Å². The minimum atomic E-state index is -0.148. The van der Waals surface area contributed by atoms with Crippen LogP contribution in [0.4, 0.5) is 5.13 Å². The number of carbonyl (C=O) groups excluding carboxylic acids is 1. The summed E-state index contributed by atoms with van der Waals surface area (Å²) < 4.78 is 2.06. The van der Waals surface area contributed by atoms with Crippen LogP contribution in [0.2, 0.25) is 5.02 Å². The molecular formula is C25H20ClN3OS2. The highest BCUT2D eigenvalue weighted by Gasteiger charge is 2.27. The van der Waals surface area contributed by atoms with Crippen molar-refractivity contribution >= 4 is 65.6 Å². The highest BCUT2D eigenvalue weighted by Crippen LogP contribution is 2.39. The molecule has 1 amide bonds. The maximum absolute atomic E-state index is 13.8. The van der Waals surface area contributed by atoms with Gasteiger partial charge in [0.05, 0.1) is 21.8 Å². The summed E-state index contributed by atoms with van der Waals surface area (Å²) in [6.07, 6.45) is 3.50. The van der Waals surface area contributed by atoms with Gasteiger partial charge in [-0.05, 0) is 35.2 Å². The molecule has 3 aromatic heterocycles. The lowest BCUT2D eigenvalue weighted by molar-refractivity contribution is 0.0989. The van der Waals surface area contributed by atoms with Gasteiger partial charge in [0.2, 0.25) is 0 Å². The number of hydrogen-bond acceptors (Lipinski definition) is 5. The number of rotatable bonds is 5. The fourth-order valence-electron chi connectivity index (χ4n) is 3.71. The van der Waals surface area contributed by atoms with Crippen molar-refractivity contribution in [2.24, 2.45) is 0 Å². The second-order valence-electron chi connectivity index (χ2n) is 7.84. The van der Waals surface area contributed by atoms with Gasteiger partial charge in [-0.3, -0.25) is 14.7 Å².